The van der Waals surface area contributed by atoms with Crippen molar-refractivity contribution in [3.8, 4) is 5.75 Å². The van der Waals surface area contributed by atoms with E-state index in [1.54, 1.807) is 18.2 Å². The summed E-state index contributed by atoms with van der Waals surface area (Å²) in [7, 11) is 0. The molecule has 0 fully saturated rings. The summed E-state index contributed by atoms with van der Waals surface area (Å²) in [5, 5.41) is 2.84. The third-order valence-corrected chi connectivity index (χ3v) is 4.38. The summed E-state index contributed by atoms with van der Waals surface area (Å²) in [5.74, 6) is -0.0122. The second-order valence-corrected chi connectivity index (χ2v) is 6.67. The van der Waals surface area contributed by atoms with Crippen LogP contribution in [0.25, 0.3) is 22.1 Å². The molecule has 0 saturated carbocycles. The lowest BCUT2D eigenvalue weighted by atomic mass is 10.1. The molecule has 4 aromatic rings. The lowest BCUT2D eigenvalue weighted by Crippen LogP contribution is -2.16. The van der Waals surface area contributed by atoms with Crippen LogP contribution in [0.2, 0.25) is 0 Å². The molecule has 0 unspecified atom stereocenters. The number of unbranched alkanes of at least 4 members (excludes halogenated alkanes) is 1. The van der Waals surface area contributed by atoms with E-state index >= 15 is 0 Å². The average Bonchev–Trinajstić information content (AvgIpc) is 3.26. The Morgan fingerprint density at radius 3 is 2.73 bits per heavy atom. The predicted molar refractivity (Wildman–Crippen MR) is 104 cm³/mol. The predicted octanol–water partition coefficient (Wildman–Crippen LogP) is 5.72. The van der Waals surface area contributed by atoms with E-state index in [0.29, 0.717) is 34.5 Å². The number of carbonyl (C=O) groups is 1. The number of carbonyl (C=O) groups excluding carboxylic acids is 1. The van der Waals surface area contributed by atoms with Crippen LogP contribution in [-0.2, 0) is 0 Å². The molecule has 2 heterocycles. The first kappa shape index (κ1) is 19.7. The number of imidazole rings is 1. The van der Waals surface area contributed by atoms with E-state index < -0.39 is 12.1 Å². The van der Waals surface area contributed by atoms with Crippen molar-refractivity contribution in [3.63, 3.8) is 0 Å². The number of hydrogen-bond acceptors (Lipinski definition) is 6. The number of nitrogens with one attached hydrogen (secondary N) is 2. The van der Waals surface area contributed by atoms with E-state index in [1.165, 1.54) is 6.07 Å². The van der Waals surface area contributed by atoms with Gasteiger partial charge in [-0.05, 0) is 36.8 Å². The van der Waals surface area contributed by atoms with Crippen LogP contribution < -0.4 is 10.1 Å². The highest BCUT2D eigenvalue weighted by molar-refractivity contribution is 5.99. The van der Waals surface area contributed by atoms with Gasteiger partial charge in [0.05, 0.1) is 11.0 Å². The first-order chi connectivity index (χ1) is 14.3. The highest BCUT2D eigenvalue weighted by Crippen LogP contribution is 2.29. The summed E-state index contributed by atoms with van der Waals surface area (Å²) < 4.78 is 46.4. The van der Waals surface area contributed by atoms with Crippen LogP contribution in [0.4, 0.5) is 25.1 Å². The third kappa shape index (κ3) is 4.37. The molecular formula is C20H17F3N4O3. The Hall–Kier alpha value is -3.56. The van der Waals surface area contributed by atoms with Crippen molar-refractivity contribution in [3.05, 3.63) is 42.0 Å². The van der Waals surface area contributed by atoms with Gasteiger partial charge < -0.3 is 14.1 Å². The summed E-state index contributed by atoms with van der Waals surface area (Å²) in [4.78, 5) is 23.8. The van der Waals surface area contributed by atoms with Gasteiger partial charge >= 0.3 is 12.4 Å². The SMILES string of the molecule is CCCCC(=O)c1ccc2nc(Nc3nc4ccc(OC(F)(F)F)cc4o3)[nH]c2c1. The number of aromatic nitrogens is 3. The molecule has 7 nitrogen and oxygen atoms in total. The van der Waals surface area contributed by atoms with Gasteiger partial charge in [-0.25, -0.2) is 4.98 Å². The summed E-state index contributed by atoms with van der Waals surface area (Å²) in [6, 6.07) is 8.87. The highest BCUT2D eigenvalue weighted by Gasteiger charge is 2.31. The van der Waals surface area contributed by atoms with Gasteiger partial charge in [0, 0.05) is 18.1 Å². The van der Waals surface area contributed by atoms with Crippen molar-refractivity contribution in [2.24, 2.45) is 0 Å². The number of hydrogen-bond donors (Lipinski definition) is 2. The average molecular weight is 418 g/mol. The molecule has 30 heavy (non-hydrogen) atoms. The van der Waals surface area contributed by atoms with Gasteiger partial charge in [0.2, 0.25) is 5.95 Å². The number of Topliss-reactive ketones (excluding diaryl/α,β-unsaturated/α-hetero) is 1. The van der Waals surface area contributed by atoms with Gasteiger partial charge in [0.15, 0.2) is 11.4 Å². The number of ether oxygens (including phenoxy) is 1. The van der Waals surface area contributed by atoms with Gasteiger partial charge in [0.25, 0.3) is 0 Å². The molecule has 0 spiro atoms. The van der Waals surface area contributed by atoms with E-state index in [0.717, 1.165) is 25.0 Å². The second-order valence-electron chi connectivity index (χ2n) is 6.67. The normalized spacial score (nSPS) is 11.9. The molecule has 0 aliphatic carbocycles. The Kier molecular flexibility index (Phi) is 5.06. The number of nitrogens with zero attached hydrogens (tertiary/aromatic N) is 2. The summed E-state index contributed by atoms with van der Waals surface area (Å²) >= 11 is 0. The summed E-state index contributed by atoms with van der Waals surface area (Å²) in [6.07, 6.45) is -2.52. The van der Waals surface area contributed by atoms with Gasteiger partial charge in [-0.2, -0.15) is 4.98 Å². The number of fused-ring (bicyclic) bond motifs is 2. The Morgan fingerprint density at radius 2 is 1.97 bits per heavy atom. The van der Waals surface area contributed by atoms with Gasteiger partial charge in [-0.3, -0.25) is 10.1 Å². The molecule has 0 aliphatic heterocycles. The molecule has 10 heteroatoms. The highest BCUT2D eigenvalue weighted by atomic mass is 19.4. The minimum atomic E-state index is -4.79. The fourth-order valence-electron chi connectivity index (χ4n) is 2.98. The smallest absolute Gasteiger partial charge is 0.423 e. The topological polar surface area (TPSA) is 93.0 Å². The molecule has 0 saturated heterocycles. The number of oxazole rings is 1. The van der Waals surface area contributed by atoms with Crippen molar-refractivity contribution < 1.29 is 27.1 Å². The monoisotopic (exact) mass is 418 g/mol. The van der Waals surface area contributed by atoms with Crippen molar-refractivity contribution in [2.45, 2.75) is 32.5 Å². The van der Waals surface area contributed by atoms with Crippen LogP contribution in [0.1, 0.15) is 36.5 Å². The number of aromatic amines is 1. The van der Waals surface area contributed by atoms with Crippen LogP contribution in [-0.4, -0.2) is 27.1 Å². The van der Waals surface area contributed by atoms with Crippen LogP contribution >= 0.6 is 0 Å². The first-order valence-electron chi connectivity index (χ1n) is 9.27. The number of ketones is 1. The third-order valence-electron chi connectivity index (χ3n) is 4.38. The molecule has 0 bridgehead atoms. The first-order valence-corrected chi connectivity index (χ1v) is 9.27. The maximum absolute atomic E-state index is 12.4. The maximum atomic E-state index is 12.4. The number of halogens is 3. The summed E-state index contributed by atoms with van der Waals surface area (Å²) in [6.45, 7) is 2.03. The standard InChI is InChI=1S/C20H17F3N4O3/c1-2-3-4-16(28)11-5-7-13-15(9-11)25-18(24-13)27-19-26-14-8-6-12(10-17(14)29-19)30-20(21,22)23/h5-10H,2-4H2,1H3,(H2,24,25,26,27). The summed E-state index contributed by atoms with van der Waals surface area (Å²) in [5.41, 5.74) is 2.38. The van der Waals surface area contributed by atoms with Gasteiger partial charge in [-0.1, -0.05) is 13.3 Å². The minimum Gasteiger partial charge on any atom is -0.423 e. The fraction of sp³-hybridized carbons (Fsp3) is 0.250. The van der Waals surface area contributed by atoms with Crippen LogP contribution in [0, 0.1) is 0 Å². The van der Waals surface area contributed by atoms with Crippen LogP contribution in [0.15, 0.2) is 40.8 Å². The molecule has 0 aliphatic rings. The Labute approximate surface area is 168 Å². The quantitative estimate of drug-likeness (QED) is 0.373. The molecule has 0 atom stereocenters. The molecule has 156 valence electrons. The molecule has 4 rings (SSSR count). The maximum Gasteiger partial charge on any atom is 0.573 e. The van der Waals surface area contributed by atoms with Crippen molar-refractivity contribution in [1.29, 1.82) is 0 Å². The van der Waals surface area contributed by atoms with Crippen molar-refractivity contribution >= 4 is 39.9 Å². The van der Waals surface area contributed by atoms with E-state index in [-0.39, 0.29) is 17.4 Å². The number of benzene rings is 2. The largest absolute Gasteiger partial charge is 0.573 e. The molecule has 2 aromatic carbocycles. The van der Waals surface area contributed by atoms with Crippen molar-refractivity contribution in [1.82, 2.24) is 15.0 Å². The van der Waals surface area contributed by atoms with Crippen molar-refractivity contribution in [2.75, 3.05) is 5.32 Å². The fourth-order valence-corrected chi connectivity index (χ4v) is 2.98. The van der Waals surface area contributed by atoms with Crippen LogP contribution in [0.5, 0.6) is 5.75 Å². The number of alkyl halides is 3. The Balaban J connectivity index is 1.54. The number of anilines is 2. The number of rotatable bonds is 7. The van der Waals surface area contributed by atoms with E-state index in [1.807, 2.05) is 6.92 Å². The lowest BCUT2D eigenvalue weighted by molar-refractivity contribution is -0.274. The minimum absolute atomic E-state index is 0.0486. The molecule has 0 radical (unpaired) electrons. The second kappa shape index (κ2) is 7.69. The zero-order chi connectivity index (χ0) is 21.3. The van der Waals surface area contributed by atoms with Gasteiger partial charge in [0.1, 0.15) is 11.3 Å². The molecule has 0 amide bonds. The van der Waals surface area contributed by atoms with E-state index in [2.05, 4.69) is 25.0 Å². The lowest BCUT2D eigenvalue weighted by Gasteiger charge is -2.07. The molecule has 2 N–H and O–H groups in total. The van der Waals surface area contributed by atoms with E-state index in [9.17, 15) is 18.0 Å². The Morgan fingerprint density at radius 1 is 1.17 bits per heavy atom. The van der Waals surface area contributed by atoms with Crippen LogP contribution in [0.3, 0.4) is 0 Å². The zero-order valence-electron chi connectivity index (χ0n) is 15.8. The Bertz CT molecular complexity index is 1210. The van der Waals surface area contributed by atoms with Gasteiger partial charge in [-0.15, -0.1) is 13.2 Å². The zero-order valence-corrected chi connectivity index (χ0v) is 15.8. The molecule has 2 aromatic heterocycles. The molecular weight excluding hydrogens is 401 g/mol. The van der Waals surface area contributed by atoms with E-state index in [4.69, 9.17) is 4.42 Å². The number of H-pyrrole nitrogens is 1.